The second-order valence-electron chi connectivity index (χ2n) is 5.31. The van der Waals surface area contributed by atoms with Gasteiger partial charge in [-0.25, -0.2) is 0 Å². The van der Waals surface area contributed by atoms with E-state index in [4.69, 9.17) is 5.73 Å². The van der Waals surface area contributed by atoms with E-state index in [2.05, 4.69) is 0 Å². The van der Waals surface area contributed by atoms with Crippen molar-refractivity contribution in [3.05, 3.63) is 70.1 Å². The topological polar surface area (TPSA) is 65.1 Å². The third-order valence-electron chi connectivity index (χ3n) is 3.95. The van der Waals surface area contributed by atoms with Crippen molar-refractivity contribution in [1.82, 2.24) is 4.57 Å². The molecule has 3 rings (SSSR count). The summed E-state index contributed by atoms with van der Waals surface area (Å²) >= 11 is 0. The molecule has 0 fully saturated rings. The summed E-state index contributed by atoms with van der Waals surface area (Å²) < 4.78 is 1.34. The maximum absolute atomic E-state index is 12.5. The minimum atomic E-state index is -0.608. The molecule has 0 aliphatic rings. The highest BCUT2D eigenvalue weighted by molar-refractivity contribution is 6.08. The first-order valence-electron chi connectivity index (χ1n) is 7.00. The van der Waals surface area contributed by atoms with Gasteiger partial charge in [-0.3, -0.25) is 9.59 Å². The Kier molecular flexibility index (Phi) is 3.29. The number of aryl methyl sites for hydroxylation is 1. The fourth-order valence-electron chi connectivity index (χ4n) is 2.88. The molecule has 2 N–H and O–H groups in total. The van der Waals surface area contributed by atoms with Crippen molar-refractivity contribution in [3.8, 4) is 11.1 Å². The van der Waals surface area contributed by atoms with Crippen LogP contribution >= 0.6 is 0 Å². The molecule has 0 saturated carbocycles. The van der Waals surface area contributed by atoms with Crippen LogP contribution < -0.4 is 11.3 Å². The first kappa shape index (κ1) is 14.1. The summed E-state index contributed by atoms with van der Waals surface area (Å²) in [7, 11) is 1.58. The van der Waals surface area contributed by atoms with Crippen LogP contribution in [0.15, 0.2) is 53.3 Å². The minimum absolute atomic E-state index is 0.221. The monoisotopic (exact) mass is 292 g/mol. The zero-order valence-electron chi connectivity index (χ0n) is 12.5. The van der Waals surface area contributed by atoms with Gasteiger partial charge in [0, 0.05) is 18.0 Å². The van der Waals surface area contributed by atoms with Crippen molar-refractivity contribution >= 4 is 16.7 Å². The van der Waals surface area contributed by atoms with Crippen molar-refractivity contribution in [3.63, 3.8) is 0 Å². The fourth-order valence-corrected chi connectivity index (χ4v) is 2.88. The molecule has 3 aromatic rings. The van der Waals surface area contributed by atoms with E-state index in [1.54, 1.807) is 13.1 Å². The molecule has 22 heavy (non-hydrogen) atoms. The maximum atomic E-state index is 12.5. The molecule has 4 heteroatoms. The van der Waals surface area contributed by atoms with Gasteiger partial charge in [0.2, 0.25) is 0 Å². The van der Waals surface area contributed by atoms with E-state index in [9.17, 15) is 9.59 Å². The molecule has 0 spiro atoms. The molecular formula is C18H16N2O2. The number of carbonyl (C=O) groups is 1. The summed E-state index contributed by atoms with van der Waals surface area (Å²) in [6.07, 6.45) is 0. The number of nitrogens with two attached hydrogens (primary N) is 1. The first-order valence-corrected chi connectivity index (χ1v) is 7.00. The lowest BCUT2D eigenvalue weighted by Crippen LogP contribution is -2.28. The van der Waals surface area contributed by atoms with Crippen molar-refractivity contribution in [2.24, 2.45) is 12.8 Å². The third kappa shape index (κ3) is 2.00. The molecule has 110 valence electrons. The third-order valence-corrected chi connectivity index (χ3v) is 3.95. The number of benzene rings is 2. The van der Waals surface area contributed by atoms with Gasteiger partial charge in [-0.15, -0.1) is 0 Å². The zero-order chi connectivity index (χ0) is 15.9. The standard InChI is InChI=1S/C18H16N2O2/c1-11-7-3-4-8-12(11)15-13-9-5-6-10-14(13)18(22)20(2)16(15)17(19)21/h3-10H,1-2H3,(H2,19,21). The van der Waals surface area contributed by atoms with E-state index in [0.717, 1.165) is 16.5 Å². The number of pyridine rings is 1. The van der Waals surface area contributed by atoms with Crippen LogP contribution in [0.3, 0.4) is 0 Å². The minimum Gasteiger partial charge on any atom is -0.364 e. The van der Waals surface area contributed by atoms with Gasteiger partial charge in [-0.05, 0) is 29.5 Å². The highest BCUT2D eigenvalue weighted by Gasteiger charge is 2.20. The lowest BCUT2D eigenvalue weighted by Gasteiger charge is -2.16. The fraction of sp³-hybridized carbons (Fsp3) is 0.111. The number of rotatable bonds is 2. The lowest BCUT2D eigenvalue weighted by atomic mass is 9.93. The Morgan fingerprint density at radius 2 is 1.59 bits per heavy atom. The molecule has 0 unspecified atom stereocenters. The number of hydrogen-bond donors (Lipinski definition) is 1. The largest absolute Gasteiger partial charge is 0.364 e. The summed E-state index contributed by atoms with van der Waals surface area (Å²) in [5.41, 5.74) is 8.22. The van der Waals surface area contributed by atoms with Gasteiger partial charge in [-0.1, -0.05) is 42.5 Å². The molecule has 0 bridgehead atoms. The van der Waals surface area contributed by atoms with E-state index in [1.165, 1.54) is 4.57 Å². The maximum Gasteiger partial charge on any atom is 0.266 e. The summed E-state index contributed by atoms with van der Waals surface area (Å²) in [6.45, 7) is 1.97. The normalized spacial score (nSPS) is 10.8. The molecular weight excluding hydrogens is 276 g/mol. The summed E-state index contributed by atoms with van der Waals surface area (Å²) in [5, 5.41) is 1.32. The van der Waals surface area contributed by atoms with Crippen LogP contribution in [-0.2, 0) is 7.05 Å². The Morgan fingerprint density at radius 3 is 2.23 bits per heavy atom. The summed E-state index contributed by atoms with van der Waals surface area (Å²) in [4.78, 5) is 24.5. The second kappa shape index (κ2) is 5.15. The van der Waals surface area contributed by atoms with E-state index in [0.29, 0.717) is 10.9 Å². The second-order valence-corrected chi connectivity index (χ2v) is 5.31. The SMILES string of the molecule is Cc1ccccc1-c1c(C(N)=O)n(C)c(=O)c2ccccc12. The summed E-state index contributed by atoms with van der Waals surface area (Å²) in [5.74, 6) is -0.608. The molecule has 0 atom stereocenters. The Hall–Kier alpha value is -2.88. The number of carbonyl (C=O) groups excluding carboxylic acids is 1. The lowest BCUT2D eigenvalue weighted by molar-refractivity contribution is 0.0992. The van der Waals surface area contributed by atoms with Crippen LogP contribution in [-0.4, -0.2) is 10.5 Å². The number of primary amides is 1. The zero-order valence-corrected chi connectivity index (χ0v) is 12.5. The van der Waals surface area contributed by atoms with Crippen LogP contribution in [0.1, 0.15) is 16.1 Å². The number of amides is 1. The summed E-state index contributed by atoms with van der Waals surface area (Å²) in [6, 6.07) is 15.0. The van der Waals surface area contributed by atoms with Crippen LogP contribution in [0.4, 0.5) is 0 Å². The molecule has 2 aromatic carbocycles. The van der Waals surface area contributed by atoms with Crippen molar-refractivity contribution < 1.29 is 4.79 Å². The molecule has 0 aliphatic heterocycles. The van der Waals surface area contributed by atoms with Crippen molar-refractivity contribution in [2.75, 3.05) is 0 Å². The van der Waals surface area contributed by atoms with Crippen LogP contribution in [0.2, 0.25) is 0 Å². The van der Waals surface area contributed by atoms with E-state index in [-0.39, 0.29) is 11.3 Å². The van der Waals surface area contributed by atoms with Gasteiger partial charge in [0.15, 0.2) is 0 Å². The molecule has 1 heterocycles. The average molecular weight is 292 g/mol. The van der Waals surface area contributed by atoms with Crippen LogP contribution in [0.5, 0.6) is 0 Å². The van der Waals surface area contributed by atoms with Gasteiger partial charge >= 0.3 is 0 Å². The molecule has 0 aliphatic carbocycles. The highest BCUT2D eigenvalue weighted by atomic mass is 16.2. The van der Waals surface area contributed by atoms with Gasteiger partial charge < -0.3 is 10.3 Å². The smallest absolute Gasteiger partial charge is 0.266 e. The predicted octanol–water partition coefficient (Wildman–Crippen LogP) is 2.61. The van der Waals surface area contributed by atoms with E-state index >= 15 is 0 Å². The Labute approximate surface area is 127 Å². The van der Waals surface area contributed by atoms with Gasteiger partial charge in [-0.2, -0.15) is 0 Å². The van der Waals surface area contributed by atoms with Gasteiger partial charge in [0.1, 0.15) is 5.69 Å². The van der Waals surface area contributed by atoms with Gasteiger partial charge in [0.05, 0.1) is 0 Å². The number of fused-ring (bicyclic) bond motifs is 1. The molecule has 0 radical (unpaired) electrons. The predicted molar refractivity (Wildman–Crippen MR) is 87.9 cm³/mol. The average Bonchev–Trinajstić information content (AvgIpc) is 2.51. The quantitative estimate of drug-likeness (QED) is 0.789. The first-order chi connectivity index (χ1) is 10.5. The number of hydrogen-bond acceptors (Lipinski definition) is 2. The Bertz CT molecular complexity index is 955. The highest BCUT2D eigenvalue weighted by Crippen LogP contribution is 2.32. The van der Waals surface area contributed by atoms with Crippen molar-refractivity contribution in [2.45, 2.75) is 6.92 Å². The van der Waals surface area contributed by atoms with Gasteiger partial charge in [0.25, 0.3) is 11.5 Å². The molecule has 1 aromatic heterocycles. The molecule has 1 amide bonds. The van der Waals surface area contributed by atoms with Crippen molar-refractivity contribution in [1.29, 1.82) is 0 Å². The van der Waals surface area contributed by atoms with Crippen LogP contribution in [0, 0.1) is 6.92 Å². The van der Waals surface area contributed by atoms with E-state index in [1.807, 2.05) is 49.4 Å². The Morgan fingerprint density at radius 1 is 1.00 bits per heavy atom. The molecule has 4 nitrogen and oxygen atoms in total. The van der Waals surface area contributed by atoms with E-state index < -0.39 is 5.91 Å². The Balaban J connectivity index is 2.60. The number of nitrogens with zero attached hydrogens (tertiary/aromatic N) is 1. The van der Waals surface area contributed by atoms with Crippen LogP contribution in [0.25, 0.3) is 21.9 Å². The number of aromatic nitrogens is 1. The molecule has 0 saturated heterocycles.